The van der Waals surface area contributed by atoms with Crippen molar-refractivity contribution in [3.8, 4) is 11.3 Å². The van der Waals surface area contributed by atoms with Crippen molar-refractivity contribution in [3.05, 3.63) is 57.0 Å². The Bertz CT molecular complexity index is 799. The fourth-order valence-electron chi connectivity index (χ4n) is 2.29. The van der Waals surface area contributed by atoms with Gasteiger partial charge in [0.05, 0.1) is 11.2 Å². The van der Waals surface area contributed by atoms with Crippen LogP contribution in [0.2, 0.25) is 0 Å². The van der Waals surface area contributed by atoms with Gasteiger partial charge in [0.25, 0.3) is 0 Å². The van der Waals surface area contributed by atoms with Crippen LogP contribution in [0.1, 0.15) is 5.56 Å². The summed E-state index contributed by atoms with van der Waals surface area (Å²) in [5, 5.41) is 0.962. The Morgan fingerprint density at radius 1 is 1.05 bits per heavy atom. The molecule has 1 aromatic heterocycles. The second-order valence-corrected chi connectivity index (χ2v) is 6.42. The Morgan fingerprint density at radius 2 is 1.75 bits per heavy atom. The zero-order valence-electron chi connectivity index (χ0n) is 10.8. The van der Waals surface area contributed by atoms with E-state index in [9.17, 15) is 0 Å². The van der Waals surface area contributed by atoms with Crippen LogP contribution >= 0.6 is 31.9 Å². The van der Waals surface area contributed by atoms with Crippen molar-refractivity contribution in [1.29, 1.82) is 0 Å². The summed E-state index contributed by atoms with van der Waals surface area (Å²) in [5.74, 6) is 0. The summed E-state index contributed by atoms with van der Waals surface area (Å²) in [6.45, 7) is 2.01. The van der Waals surface area contributed by atoms with Gasteiger partial charge in [-0.1, -0.05) is 46.3 Å². The maximum absolute atomic E-state index is 6.31. The number of nitrogens with zero attached hydrogens (tertiary/aromatic N) is 1. The molecule has 2 aromatic carbocycles. The molecule has 0 saturated carbocycles. The highest BCUT2D eigenvalue weighted by molar-refractivity contribution is 9.11. The Kier molecular flexibility index (Phi) is 3.52. The first-order valence-corrected chi connectivity index (χ1v) is 7.77. The van der Waals surface area contributed by atoms with Crippen LogP contribution in [-0.4, -0.2) is 4.98 Å². The lowest BCUT2D eigenvalue weighted by Crippen LogP contribution is -1.98. The first kappa shape index (κ1) is 13.6. The molecular weight excluding hydrogens is 380 g/mol. The summed E-state index contributed by atoms with van der Waals surface area (Å²) < 4.78 is 1.92. The molecule has 3 aromatic rings. The SMILES string of the molecule is Cc1c(-c2ccccc2)nc2c(Br)cc(Br)cc2c1N. The molecule has 0 radical (unpaired) electrons. The van der Waals surface area contributed by atoms with Gasteiger partial charge in [-0.2, -0.15) is 0 Å². The van der Waals surface area contributed by atoms with E-state index in [1.807, 2.05) is 49.4 Å². The Labute approximate surface area is 134 Å². The van der Waals surface area contributed by atoms with Crippen molar-refractivity contribution >= 4 is 48.5 Å². The Morgan fingerprint density at radius 3 is 2.45 bits per heavy atom. The van der Waals surface area contributed by atoms with Gasteiger partial charge in [0.1, 0.15) is 0 Å². The van der Waals surface area contributed by atoms with Crippen molar-refractivity contribution in [2.75, 3.05) is 5.73 Å². The standard InChI is InChI=1S/C16H12Br2N2/c1-9-14(19)12-7-11(17)8-13(18)16(12)20-15(9)10-5-3-2-4-6-10/h2-8H,1H3,(H2,19,20). The molecule has 1 heterocycles. The number of pyridine rings is 1. The van der Waals surface area contributed by atoms with E-state index in [1.165, 1.54) is 0 Å². The van der Waals surface area contributed by atoms with Gasteiger partial charge >= 0.3 is 0 Å². The number of nitrogen functional groups attached to an aromatic ring is 1. The minimum atomic E-state index is 0.774. The van der Waals surface area contributed by atoms with Crippen LogP contribution < -0.4 is 5.73 Å². The summed E-state index contributed by atoms with van der Waals surface area (Å²) in [6, 6.07) is 14.1. The summed E-state index contributed by atoms with van der Waals surface area (Å²) in [7, 11) is 0. The number of halogens is 2. The van der Waals surface area contributed by atoms with E-state index in [0.29, 0.717) is 0 Å². The van der Waals surface area contributed by atoms with Crippen LogP contribution in [0.4, 0.5) is 5.69 Å². The lowest BCUT2D eigenvalue weighted by atomic mass is 10.0. The number of nitrogens with two attached hydrogens (primary N) is 1. The smallest absolute Gasteiger partial charge is 0.0873 e. The maximum atomic E-state index is 6.31. The Balaban J connectivity index is 2.39. The van der Waals surface area contributed by atoms with Crippen molar-refractivity contribution in [2.24, 2.45) is 0 Å². The van der Waals surface area contributed by atoms with E-state index in [4.69, 9.17) is 10.7 Å². The van der Waals surface area contributed by atoms with Crippen LogP contribution in [0.5, 0.6) is 0 Å². The first-order valence-electron chi connectivity index (χ1n) is 6.18. The molecule has 0 bridgehead atoms. The summed E-state index contributed by atoms with van der Waals surface area (Å²) in [4.78, 5) is 4.80. The maximum Gasteiger partial charge on any atom is 0.0873 e. The summed E-state index contributed by atoms with van der Waals surface area (Å²) in [5.41, 5.74) is 11.0. The van der Waals surface area contributed by atoms with Crippen LogP contribution in [-0.2, 0) is 0 Å². The molecule has 0 aliphatic rings. The number of aromatic nitrogens is 1. The molecule has 20 heavy (non-hydrogen) atoms. The lowest BCUT2D eigenvalue weighted by Gasteiger charge is -2.13. The largest absolute Gasteiger partial charge is 0.398 e. The highest BCUT2D eigenvalue weighted by Crippen LogP contribution is 2.36. The fraction of sp³-hybridized carbons (Fsp3) is 0.0625. The third-order valence-corrected chi connectivity index (χ3v) is 4.41. The molecule has 100 valence electrons. The van der Waals surface area contributed by atoms with Gasteiger partial charge in [-0.3, -0.25) is 0 Å². The lowest BCUT2D eigenvalue weighted by molar-refractivity contribution is 1.32. The van der Waals surface area contributed by atoms with E-state index in [1.54, 1.807) is 0 Å². The van der Waals surface area contributed by atoms with E-state index >= 15 is 0 Å². The number of rotatable bonds is 1. The highest BCUT2D eigenvalue weighted by atomic mass is 79.9. The van der Waals surface area contributed by atoms with Gasteiger partial charge in [0.2, 0.25) is 0 Å². The van der Waals surface area contributed by atoms with Crippen molar-refractivity contribution in [3.63, 3.8) is 0 Å². The number of hydrogen-bond donors (Lipinski definition) is 1. The zero-order valence-corrected chi connectivity index (χ0v) is 14.0. The fourth-order valence-corrected chi connectivity index (χ4v) is 3.60. The quantitative estimate of drug-likeness (QED) is 0.609. The predicted octanol–water partition coefficient (Wildman–Crippen LogP) is 5.32. The average Bonchev–Trinajstić information content (AvgIpc) is 2.44. The summed E-state index contributed by atoms with van der Waals surface area (Å²) in [6.07, 6.45) is 0. The van der Waals surface area contributed by atoms with E-state index in [2.05, 4.69) is 31.9 Å². The molecular formula is C16H12Br2N2. The second kappa shape index (κ2) is 5.19. The van der Waals surface area contributed by atoms with Crippen molar-refractivity contribution < 1.29 is 0 Å². The number of fused-ring (bicyclic) bond motifs is 1. The summed E-state index contributed by atoms with van der Waals surface area (Å²) >= 11 is 7.06. The normalized spacial score (nSPS) is 10.9. The highest BCUT2D eigenvalue weighted by Gasteiger charge is 2.13. The topological polar surface area (TPSA) is 38.9 Å². The van der Waals surface area contributed by atoms with Gasteiger partial charge in [-0.25, -0.2) is 4.98 Å². The minimum absolute atomic E-state index is 0.774. The van der Waals surface area contributed by atoms with Gasteiger partial charge < -0.3 is 5.73 Å². The molecule has 0 spiro atoms. The van der Waals surface area contributed by atoms with Crippen molar-refractivity contribution in [1.82, 2.24) is 4.98 Å². The van der Waals surface area contributed by atoms with Gasteiger partial charge in [-0.15, -0.1) is 0 Å². The molecule has 0 saturated heterocycles. The molecule has 0 aliphatic carbocycles. The molecule has 0 atom stereocenters. The van der Waals surface area contributed by atoms with Crippen LogP contribution in [0.15, 0.2) is 51.4 Å². The molecule has 0 fully saturated rings. The third kappa shape index (κ3) is 2.23. The van der Waals surface area contributed by atoms with E-state index in [0.717, 1.165) is 42.4 Å². The van der Waals surface area contributed by atoms with Crippen LogP contribution in [0.3, 0.4) is 0 Å². The number of anilines is 1. The third-order valence-electron chi connectivity index (χ3n) is 3.35. The molecule has 4 heteroatoms. The van der Waals surface area contributed by atoms with Gasteiger partial charge in [0, 0.05) is 25.6 Å². The molecule has 3 rings (SSSR count). The Hall–Kier alpha value is -1.39. The average molecular weight is 392 g/mol. The minimum Gasteiger partial charge on any atom is -0.398 e. The zero-order chi connectivity index (χ0) is 14.3. The molecule has 0 aliphatic heterocycles. The molecule has 2 N–H and O–H groups in total. The number of benzene rings is 2. The predicted molar refractivity (Wildman–Crippen MR) is 91.7 cm³/mol. The number of hydrogen-bond acceptors (Lipinski definition) is 2. The van der Waals surface area contributed by atoms with Gasteiger partial charge in [-0.05, 0) is 40.5 Å². The second-order valence-electron chi connectivity index (χ2n) is 4.65. The molecule has 0 unspecified atom stereocenters. The van der Waals surface area contributed by atoms with Crippen molar-refractivity contribution in [2.45, 2.75) is 6.92 Å². The molecule has 2 nitrogen and oxygen atoms in total. The molecule has 0 amide bonds. The van der Waals surface area contributed by atoms with E-state index < -0.39 is 0 Å². The monoisotopic (exact) mass is 390 g/mol. The first-order chi connectivity index (χ1) is 9.58. The van der Waals surface area contributed by atoms with Crippen LogP contribution in [0, 0.1) is 6.92 Å². The van der Waals surface area contributed by atoms with E-state index in [-0.39, 0.29) is 0 Å². The van der Waals surface area contributed by atoms with Crippen LogP contribution in [0.25, 0.3) is 22.2 Å². The van der Waals surface area contributed by atoms with Gasteiger partial charge in [0.15, 0.2) is 0 Å².